The summed E-state index contributed by atoms with van der Waals surface area (Å²) >= 11 is 0. The number of benzene rings is 2. The van der Waals surface area contributed by atoms with Gasteiger partial charge in [-0.25, -0.2) is 0 Å². The maximum Gasteiger partial charge on any atom is 0.201 e. The number of carbonyl (C=O) groups is 1. The van der Waals surface area contributed by atoms with E-state index in [0.717, 1.165) is 0 Å². The minimum Gasteiger partial charge on any atom is -0.392 e. The smallest absolute Gasteiger partial charge is 0.201 e. The Bertz CT molecular complexity index is 686. The van der Waals surface area contributed by atoms with Crippen LogP contribution in [-0.4, -0.2) is 39.6 Å². The summed E-state index contributed by atoms with van der Waals surface area (Å²) in [5.74, 6) is -0.551. The monoisotopic (exact) mass is 362 g/mol. The van der Waals surface area contributed by atoms with Crippen molar-refractivity contribution in [1.29, 1.82) is 0 Å². The highest BCUT2D eigenvalue weighted by Crippen LogP contribution is 2.34. The van der Waals surface area contributed by atoms with Crippen LogP contribution in [0, 0.1) is 0 Å². The lowest BCUT2D eigenvalue weighted by molar-refractivity contribution is -0.119. The lowest BCUT2D eigenvalue weighted by atomic mass is 9.82. The van der Waals surface area contributed by atoms with E-state index in [1.165, 1.54) is 6.07 Å². The number of aliphatic hydroxyl groups is 4. The van der Waals surface area contributed by atoms with Gasteiger partial charge in [0.1, 0.15) is 6.79 Å². The molecule has 0 aliphatic rings. The maximum atomic E-state index is 13.0. The first-order valence-corrected chi connectivity index (χ1v) is 8.43. The minimum atomic E-state index is -1.88. The van der Waals surface area contributed by atoms with E-state index in [0.29, 0.717) is 11.1 Å². The van der Waals surface area contributed by atoms with Crippen molar-refractivity contribution < 1.29 is 30.0 Å². The number of aliphatic hydroxyl groups excluding tert-OH is 4. The molecule has 2 aromatic carbocycles. The lowest BCUT2D eigenvalue weighted by Gasteiger charge is -2.32. The third kappa shape index (κ3) is 4.35. The molecule has 142 valence electrons. The molecule has 6 heteroatoms. The van der Waals surface area contributed by atoms with Crippen molar-refractivity contribution in [2.45, 2.75) is 32.7 Å². The zero-order valence-electron chi connectivity index (χ0n) is 15.1. The van der Waals surface area contributed by atoms with Crippen molar-refractivity contribution in [1.82, 2.24) is 0 Å². The number of carbonyl (C=O) groups excluding carboxylic acids is 1. The molecule has 0 amide bonds. The average Bonchev–Trinajstić information content (AvgIpc) is 2.73. The Balaban J connectivity index is 0.00000163. The van der Waals surface area contributed by atoms with Crippen LogP contribution >= 0.6 is 0 Å². The van der Waals surface area contributed by atoms with Crippen molar-refractivity contribution in [2.75, 3.05) is 13.4 Å². The Morgan fingerprint density at radius 2 is 1.58 bits per heavy atom. The van der Waals surface area contributed by atoms with Crippen LogP contribution in [0.1, 0.15) is 40.9 Å². The molecule has 6 nitrogen and oxygen atoms in total. The Hall–Kier alpha value is -2.09. The molecule has 0 saturated carbocycles. The first-order chi connectivity index (χ1) is 12.6. The van der Waals surface area contributed by atoms with Gasteiger partial charge in [0.15, 0.2) is 5.60 Å². The van der Waals surface area contributed by atoms with Crippen molar-refractivity contribution in [3.8, 4) is 0 Å². The predicted molar refractivity (Wildman–Crippen MR) is 97.3 cm³/mol. The molecule has 0 aromatic heterocycles. The fourth-order valence-electron chi connectivity index (χ4n) is 2.75. The zero-order valence-corrected chi connectivity index (χ0v) is 15.1. The van der Waals surface area contributed by atoms with E-state index in [1.807, 2.05) is 13.8 Å². The fourth-order valence-corrected chi connectivity index (χ4v) is 2.75. The van der Waals surface area contributed by atoms with Crippen LogP contribution in [0.25, 0.3) is 0 Å². The van der Waals surface area contributed by atoms with Gasteiger partial charge in [0.05, 0.1) is 19.8 Å². The normalized spacial score (nSPS) is 12.7. The standard InChI is InChI=1S/C18H20O6.C2H6/c19-9-14-7-4-8-16(15(14)10-20)18(11-21,24-12-22)17(23)13-5-2-1-3-6-13;1-2/h1-8,19-22H,9-12H2;1-2H3. The molecule has 0 aliphatic carbocycles. The van der Waals surface area contributed by atoms with E-state index < -0.39 is 31.4 Å². The minimum absolute atomic E-state index is 0.210. The topological polar surface area (TPSA) is 107 Å². The van der Waals surface area contributed by atoms with Gasteiger partial charge in [-0.1, -0.05) is 62.4 Å². The number of Topliss-reactive ketones (excluding diaryl/α,β-unsaturated/α-hetero) is 1. The van der Waals surface area contributed by atoms with Gasteiger partial charge in [0, 0.05) is 5.56 Å². The molecule has 0 bridgehead atoms. The Morgan fingerprint density at radius 1 is 0.923 bits per heavy atom. The summed E-state index contributed by atoms with van der Waals surface area (Å²) in [6.45, 7) is 1.67. The number of hydrogen-bond acceptors (Lipinski definition) is 6. The zero-order chi connectivity index (χ0) is 19.6. The molecular weight excluding hydrogens is 336 g/mol. The van der Waals surface area contributed by atoms with Crippen molar-refractivity contribution >= 4 is 5.78 Å². The Labute approximate surface area is 153 Å². The van der Waals surface area contributed by atoms with Gasteiger partial charge < -0.3 is 25.2 Å². The summed E-state index contributed by atoms with van der Waals surface area (Å²) in [4.78, 5) is 13.0. The molecule has 1 atom stereocenters. The van der Waals surface area contributed by atoms with Gasteiger partial charge in [-0.2, -0.15) is 0 Å². The molecule has 0 aliphatic heterocycles. The molecule has 0 radical (unpaired) electrons. The first kappa shape index (κ1) is 22.0. The summed E-state index contributed by atoms with van der Waals surface area (Å²) < 4.78 is 5.29. The fraction of sp³-hybridized carbons (Fsp3) is 0.350. The third-order valence-corrected chi connectivity index (χ3v) is 3.97. The van der Waals surface area contributed by atoms with Crippen LogP contribution in [-0.2, 0) is 23.6 Å². The van der Waals surface area contributed by atoms with Gasteiger partial charge in [-0.05, 0) is 16.7 Å². The van der Waals surface area contributed by atoms with E-state index in [4.69, 9.17) is 4.74 Å². The van der Waals surface area contributed by atoms with Crippen LogP contribution in [0.4, 0.5) is 0 Å². The first-order valence-electron chi connectivity index (χ1n) is 8.43. The molecule has 2 aromatic rings. The molecule has 0 heterocycles. The van der Waals surface area contributed by atoms with Crippen molar-refractivity contribution in [2.24, 2.45) is 0 Å². The van der Waals surface area contributed by atoms with E-state index >= 15 is 0 Å². The third-order valence-electron chi connectivity index (χ3n) is 3.97. The van der Waals surface area contributed by atoms with E-state index in [9.17, 15) is 25.2 Å². The highest BCUT2D eigenvalue weighted by molar-refractivity contribution is 6.03. The number of ether oxygens (including phenoxy) is 1. The Morgan fingerprint density at radius 3 is 2.08 bits per heavy atom. The van der Waals surface area contributed by atoms with Crippen molar-refractivity contribution in [3.05, 3.63) is 70.8 Å². The second-order valence-electron chi connectivity index (χ2n) is 5.21. The summed E-state index contributed by atoms with van der Waals surface area (Å²) in [5.41, 5.74) is -0.679. The summed E-state index contributed by atoms with van der Waals surface area (Å²) in [6, 6.07) is 12.9. The van der Waals surface area contributed by atoms with E-state index in [-0.39, 0.29) is 17.7 Å². The molecule has 1 unspecified atom stereocenters. The van der Waals surface area contributed by atoms with Crippen LogP contribution < -0.4 is 0 Å². The van der Waals surface area contributed by atoms with Crippen LogP contribution in [0.15, 0.2) is 48.5 Å². The largest absolute Gasteiger partial charge is 0.392 e. The maximum absolute atomic E-state index is 13.0. The number of rotatable bonds is 8. The van der Waals surface area contributed by atoms with Gasteiger partial charge in [-0.15, -0.1) is 0 Å². The molecular formula is C20H26O6. The lowest BCUT2D eigenvalue weighted by Crippen LogP contribution is -2.44. The summed E-state index contributed by atoms with van der Waals surface area (Å²) in [6.07, 6.45) is 0. The average molecular weight is 362 g/mol. The summed E-state index contributed by atoms with van der Waals surface area (Å²) in [7, 11) is 0. The second-order valence-corrected chi connectivity index (χ2v) is 5.21. The molecule has 0 fully saturated rings. The van der Waals surface area contributed by atoms with Crippen LogP contribution in [0.3, 0.4) is 0 Å². The van der Waals surface area contributed by atoms with E-state index in [1.54, 1.807) is 42.5 Å². The predicted octanol–water partition coefficient (Wildman–Crippen LogP) is 1.73. The molecule has 0 saturated heterocycles. The number of ketones is 1. The number of hydrogen-bond donors (Lipinski definition) is 4. The van der Waals surface area contributed by atoms with Gasteiger partial charge in [0.25, 0.3) is 0 Å². The Kier molecular flexibility index (Phi) is 9.12. The molecule has 26 heavy (non-hydrogen) atoms. The second kappa shape index (κ2) is 10.8. The van der Waals surface area contributed by atoms with Gasteiger partial charge >= 0.3 is 0 Å². The van der Waals surface area contributed by atoms with Crippen molar-refractivity contribution in [3.63, 3.8) is 0 Å². The quantitative estimate of drug-likeness (QED) is 0.421. The SMILES string of the molecule is CC.O=C(c1ccccc1)C(CO)(OCO)c1cccc(CO)c1CO. The van der Waals surface area contributed by atoms with E-state index in [2.05, 4.69) is 0 Å². The molecule has 0 spiro atoms. The van der Waals surface area contributed by atoms with Gasteiger partial charge in [-0.3, -0.25) is 4.79 Å². The molecule has 2 rings (SSSR count). The van der Waals surface area contributed by atoms with Gasteiger partial charge in [0.2, 0.25) is 5.78 Å². The van der Waals surface area contributed by atoms with Crippen LogP contribution in [0.5, 0.6) is 0 Å². The van der Waals surface area contributed by atoms with Crippen LogP contribution in [0.2, 0.25) is 0 Å². The molecule has 4 N–H and O–H groups in total. The highest BCUT2D eigenvalue weighted by atomic mass is 16.6. The summed E-state index contributed by atoms with van der Waals surface area (Å²) in [5, 5.41) is 38.4. The highest BCUT2D eigenvalue weighted by Gasteiger charge is 2.43.